The number of ether oxygens (including phenoxy) is 2. The van der Waals surface area contributed by atoms with Crippen molar-refractivity contribution in [1.82, 2.24) is 0 Å². The van der Waals surface area contributed by atoms with E-state index in [1.807, 2.05) is 27.2 Å². The number of hydrogen-bond donors (Lipinski definition) is 0. The van der Waals surface area contributed by atoms with E-state index >= 15 is 0 Å². The van der Waals surface area contributed by atoms with Crippen LogP contribution in [0, 0.1) is 0 Å². The Morgan fingerprint density at radius 3 is 1.38 bits per heavy atom. The molecule has 0 aromatic rings. The fourth-order valence-corrected chi connectivity index (χ4v) is 6.70. The highest BCUT2D eigenvalue weighted by Crippen LogP contribution is 2.38. The summed E-state index contributed by atoms with van der Waals surface area (Å²) in [5.74, 6) is -0.943. The van der Waals surface area contributed by atoms with Crippen LogP contribution in [0.15, 0.2) is 72.9 Å². The molecule has 0 aliphatic rings. The molecule has 60 heavy (non-hydrogen) atoms. The lowest BCUT2D eigenvalue weighted by atomic mass is 10.1. The first kappa shape index (κ1) is 57.4. The summed E-state index contributed by atoms with van der Waals surface area (Å²) < 4.78 is 33.8. The summed E-state index contributed by atoms with van der Waals surface area (Å²) in [6, 6.07) is 0. The van der Waals surface area contributed by atoms with Crippen LogP contribution in [0.1, 0.15) is 181 Å². The fraction of sp³-hybridized carbons (Fsp3) is 0.720. The van der Waals surface area contributed by atoms with Crippen molar-refractivity contribution < 1.29 is 42.1 Å². The van der Waals surface area contributed by atoms with Gasteiger partial charge in [0.1, 0.15) is 19.8 Å². The Bertz CT molecular complexity index is 1250. The van der Waals surface area contributed by atoms with Crippen LogP contribution in [-0.4, -0.2) is 70.0 Å². The van der Waals surface area contributed by atoms with Crippen molar-refractivity contribution in [3.05, 3.63) is 72.9 Å². The number of nitrogens with zero attached hydrogens (tertiary/aromatic N) is 1. The molecule has 0 N–H and O–H groups in total. The normalized spacial score (nSPS) is 14.2. The summed E-state index contributed by atoms with van der Waals surface area (Å²) in [7, 11) is 1.10. The minimum Gasteiger partial charge on any atom is -0.756 e. The maximum atomic E-state index is 12.7. The van der Waals surface area contributed by atoms with E-state index in [2.05, 4.69) is 80.7 Å². The monoisotopic (exact) mass is 862 g/mol. The number of carbonyl (C=O) groups excluding carboxylic acids is 2. The topological polar surface area (TPSA) is 111 Å². The molecule has 0 rings (SSSR count). The first-order valence-corrected chi connectivity index (χ1v) is 25.1. The van der Waals surface area contributed by atoms with Crippen molar-refractivity contribution in [3.63, 3.8) is 0 Å². The number of likely N-dealkylation sites (N-methyl/N-ethyl adjacent to an activating group) is 1. The predicted octanol–water partition coefficient (Wildman–Crippen LogP) is 13.2. The smallest absolute Gasteiger partial charge is 0.306 e. The van der Waals surface area contributed by atoms with Crippen LogP contribution in [-0.2, 0) is 32.7 Å². The highest BCUT2D eigenvalue weighted by molar-refractivity contribution is 7.45. The zero-order valence-electron chi connectivity index (χ0n) is 38.9. The molecule has 0 spiro atoms. The van der Waals surface area contributed by atoms with Gasteiger partial charge in [0.15, 0.2) is 6.10 Å². The number of rotatable bonds is 42. The molecule has 1 unspecified atom stereocenters. The summed E-state index contributed by atoms with van der Waals surface area (Å²) in [5.41, 5.74) is 0. The Morgan fingerprint density at radius 2 is 0.917 bits per heavy atom. The van der Waals surface area contributed by atoms with Crippen LogP contribution >= 0.6 is 7.82 Å². The summed E-state index contributed by atoms with van der Waals surface area (Å²) in [6.45, 7) is 4.11. The molecule has 0 saturated carbocycles. The lowest BCUT2D eigenvalue weighted by Crippen LogP contribution is -2.37. The second kappa shape index (κ2) is 41.8. The van der Waals surface area contributed by atoms with Crippen LogP contribution in [0.3, 0.4) is 0 Å². The van der Waals surface area contributed by atoms with E-state index in [9.17, 15) is 19.0 Å². The Kier molecular flexibility index (Phi) is 40.0. The van der Waals surface area contributed by atoms with E-state index in [0.717, 1.165) is 44.9 Å². The van der Waals surface area contributed by atoms with Gasteiger partial charge in [-0.15, -0.1) is 0 Å². The van der Waals surface area contributed by atoms with Gasteiger partial charge in [-0.05, 0) is 83.5 Å². The third kappa shape index (κ3) is 45.0. The van der Waals surface area contributed by atoms with Gasteiger partial charge in [0.25, 0.3) is 7.82 Å². The fourth-order valence-electron chi connectivity index (χ4n) is 5.97. The standard InChI is InChI=1S/C50H88NO8P/c1-6-8-10-12-14-16-18-20-22-23-24-25-26-27-29-31-33-35-37-39-41-43-50(53)59-48(47-58-60(54,55)57-45-44-51(3,4)5)46-56-49(52)42-40-38-36-34-32-30-28-21-19-17-15-13-11-9-7-2/h21-23,25-26,28-29,31-32,34-35,37,48H,6-20,24,27,30,33,36,38-47H2,1-5H3/b23-22+,26-25+,28-21+,31-29+,34-32+,37-35+/t48-/m1/s1. The van der Waals surface area contributed by atoms with Gasteiger partial charge in [-0.1, -0.05) is 157 Å². The van der Waals surface area contributed by atoms with Gasteiger partial charge >= 0.3 is 11.9 Å². The van der Waals surface area contributed by atoms with Gasteiger partial charge < -0.3 is 27.9 Å². The Balaban J connectivity index is 4.48. The third-order valence-corrected chi connectivity index (χ3v) is 10.7. The molecule has 0 aliphatic heterocycles. The predicted molar refractivity (Wildman–Crippen MR) is 249 cm³/mol. The largest absolute Gasteiger partial charge is 0.756 e. The maximum absolute atomic E-state index is 12.7. The second-order valence-electron chi connectivity index (χ2n) is 16.8. The number of phosphoric acid groups is 1. The van der Waals surface area contributed by atoms with Gasteiger partial charge in [0.2, 0.25) is 0 Å². The molecular formula is C50H88NO8P. The Morgan fingerprint density at radius 1 is 0.517 bits per heavy atom. The minimum atomic E-state index is -4.65. The van der Waals surface area contributed by atoms with Gasteiger partial charge in [-0.3, -0.25) is 14.2 Å². The zero-order chi connectivity index (χ0) is 44.3. The van der Waals surface area contributed by atoms with E-state index < -0.39 is 32.5 Å². The molecule has 0 aliphatic carbocycles. The van der Waals surface area contributed by atoms with Gasteiger partial charge in [-0.25, -0.2) is 0 Å². The Labute approximate surface area is 368 Å². The number of unbranched alkanes of at least 4 members (excludes halogenated alkanes) is 16. The first-order chi connectivity index (χ1) is 29.0. The lowest BCUT2D eigenvalue weighted by Gasteiger charge is -2.28. The molecule has 0 amide bonds. The van der Waals surface area contributed by atoms with E-state index in [-0.39, 0.29) is 26.1 Å². The van der Waals surface area contributed by atoms with Crippen LogP contribution in [0.25, 0.3) is 0 Å². The van der Waals surface area contributed by atoms with Crippen LogP contribution in [0.2, 0.25) is 0 Å². The lowest BCUT2D eigenvalue weighted by molar-refractivity contribution is -0.870. The average Bonchev–Trinajstić information content (AvgIpc) is 3.20. The van der Waals surface area contributed by atoms with E-state index in [0.29, 0.717) is 30.3 Å². The summed E-state index contributed by atoms with van der Waals surface area (Å²) in [5, 5.41) is 0. The third-order valence-electron chi connectivity index (χ3n) is 9.70. The first-order valence-electron chi connectivity index (χ1n) is 23.6. The second-order valence-corrected chi connectivity index (χ2v) is 18.2. The molecule has 346 valence electrons. The molecule has 0 radical (unpaired) electrons. The molecule has 10 heteroatoms. The summed E-state index contributed by atoms with van der Waals surface area (Å²) in [6.07, 6.45) is 52.3. The highest BCUT2D eigenvalue weighted by atomic mass is 31.2. The number of esters is 2. The van der Waals surface area contributed by atoms with Gasteiger partial charge in [-0.2, -0.15) is 0 Å². The molecule has 0 fully saturated rings. The molecule has 0 aromatic heterocycles. The van der Waals surface area contributed by atoms with Crippen LogP contribution < -0.4 is 4.89 Å². The van der Waals surface area contributed by atoms with Crippen molar-refractivity contribution in [3.8, 4) is 0 Å². The van der Waals surface area contributed by atoms with E-state index in [1.54, 1.807) is 0 Å². The van der Waals surface area contributed by atoms with Crippen LogP contribution in [0.4, 0.5) is 0 Å². The van der Waals surface area contributed by atoms with Gasteiger partial charge in [0.05, 0.1) is 27.7 Å². The molecular weight excluding hydrogens is 774 g/mol. The van der Waals surface area contributed by atoms with Crippen molar-refractivity contribution in [1.29, 1.82) is 0 Å². The highest BCUT2D eigenvalue weighted by Gasteiger charge is 2.21. The SMILES string of the molecule is CCCCCCCC/C=C/C/C=C/CCCCC(=O)OC[C@H](COP(=O)([O-])OCC[N+](C)(C)C)OC(=O)CCC/C=C/C/C=C/C/C=C/C/C=C/CCCCCCCCC. The summed E-state index contributed by atoms with van der Waals surface area (Å²) in [4.78, 5) is 37.6. The van der Waals surface area contributed by atoms with Crippen molar-refractivity contribution in [2.45, 2.75) is 187 Å². The van der Waals surface area contributed by atoms with Gasteiger partial charge in [0, 0.05) is 12.8 Å². The van der Waals surface area contributed by atoms with Crippen molar-refractivity contribution in [2.75, 3.05) is 47.5 Å². The molecule has 0 heterocycles. The van der Waals surface area contributed by atoms with Crippen LogP contribution in [0.5, 0.6) is 0 Å². The van der Waals surface area contributed by atoms with Crippen molar-refractivity contribution in [2.24, 2.45) is 0 Å². The zero-order valence-corrected chi connectivity index (χ0v) is 39.8. The number of carbonyl (C=O) groups is 2. The molecule has 9 nitrogen and oxygen atoms in total. The average molecular weight is 862 g/mol. The van der Waals surface area contributed by atoms with E-state index in [4.69, 9.17) is 18.5 Å². The molecule has 0 saturated heterocycles. The molecule has 0 bridgehead atoms. The summed E-state index contributed by atoms with van der Waals surface area (Å²) >= 11 is 0. The molecule has 0 aromatic carbocycles. The number of phosphoric ester groups is 1. The minimum absolute atomic E-state index is 0.0491. The number of quaternary nitrogens is 1. The number of allylic oxidation sites excluding steroid dienone is 12. The molecule has 2 atom stereocenters. The van der Waals surface area contributed by atoms with E-state index in [1.165, 1.54) is 89.9 Å². The quantitative estimate of drug-likeness (QED) is 0.0196. The Hall–Kier alpha value is -2.55. The number of hydrogen-bond acceptors (Lipinski definition) is 8. The maximum Gasteiger partial charge on any atom is 0.306 e. The van der Waals surface area contributed by atoms with Crippen molar-refractivity contribution >= 4 is 19.8 Å².